The molecule has 0 unspecified atom stereocenters. The average molecular weight is 400 g/mol. The topological polar surface area (TPSA) is 61.7 Å². The van der Waals surface area contributed by atoms with Crippen molar-refractivity contribution in [1.82, 2.24) is 15.1 Å². The largest absolute Gasteiger partial charge is 0.379 e. The molecule has 1 aromatic carbocycles. The number of nitrogens with zero attached hydrogens (tertiary/aromatic N) is 4. The van der Waals surface area contributed by atoms with Gasteiger partial charge in [-0.05, 0) is 12.8 Å². The van der Waals surface area contributed by atoms with Crippen LogP contribution in [0.5, 0.6) is 0 Å². The lowest BCUT2D eigenvalue weighted by Crippen LogP contribution is -2.37. The maximum atomic E-state index is 5.41. The summed E-state index contributed by atoms with van der Waals surface area (Å²) in [4.78, 5) is 14.6. The lowest BCUT2D eigenvalue weighted by atomic mass is 10.1. The Morgan fingerprint density at radius 2 is 1.17 bits per heavy atom. The van der Waals surface area contributed by atoms with Crippen LogP contribution in [0, 0.1) is 0 Å². The van der Waals surface area contributed by atoms with Crippen molar-refractivity contribution in [2.24, 2.45) is 9.98 Å². The Morgan fingerprint density at radius 3 is 1.62 bits per heavy atom. The fourth-order valence-corrected chi connectivity index (χ4v) is 4.01. The summed E-state index contributed by atoms with van der Waals surface area (Å²) in [5.74, 6) is 1.93. The van der Waals surface area contributed by atoms with Crippen LogP contribution in [0.3, 0.4) is 0 Å². The summed E-state index contributed by atoms with van der Waals surface area (Å²) in [6.07, 6.45) is 2.14. The molecule has 7 nitrogen and oxygen atoms in total. The number of hydrogen-bond donors (Lipinski definition) is 1. The highest BCUT2D eigenvalue weighted by Gasteiger charge is 2.22. The maximum Gasteiger partial charge on any atom is 0.134 e. The van der Waals surface area contributed by atoms with Crippen LogP contribution in [-0.4, -0.2) is 100 Å². The average Bonchev–Trinajstić information content (AvgIpc) is 3.13. The Kier molecular flexibility index (Phi) is 7.64. The van der Waals surface area contributed by atoms with Crippen LogP contribution in [0.25, 0.3) is 0 Å². The summed E-state index contributed by atoms with van der Waals surface area (Å²) < 4.78 is 10.8. The van der Waals surface area contributed by atoms with E-state index in [1.807, 2.05) is 0 Å². The Balaban J connectivity index is 1.28. The monoisotopic (exact) mass is 399 g/mol. The molecule has 0 saturated carbocycles. The van der Waals surface area contributed by atoms with Crippen molar-refractivity contribution < 1.29 is 9.47 Å². The van der Waals surface area contributed by atoms with Crippen LogP contribution < -0.4 is 5.32 Å². The molecule has 3 aliphatic rings. The van der Waals surface area contributed by atoms with E-state index in [0.717, 1.165) is 103 Å². The minimum absolute atomic E-state index is 0.832. The third kappa shape index (κ3) is 5.85. The van der Waals surface area contributed by atoms with Crippen LogP contribution >= 0.6 is 0 Å². The number of ether oxygens (including phenoxy) is 2. The van der Waals surface area contributed by atoms with Crippen LogP contribution in [-0.2, 0) is 9.47 Å². The van der Waals surface area contributed by atoms with Gasteiger partial charge in [-0.25, -0.2) is 0 Å². The van der Waals surface area contributed by atoms with E-state index in [2.05, 4.69) is 39.4 Å². The standard InChI is InChI=1S/C22H33N5O2/c1-2-6-20-19(5-1)21(23-7-3-9-26-11-15-28-16-12-26)25-22(20)24-8-4-10-27-13-17-29-18-14-27/h1-2,5-6H,3-4,7-18H2,(H,23,24,25). The zero-order chi connectivity index (χ0) is 19.7. The van der Waals surface area contributed by atoms with E-state index in [1.54, 1.807) is 0 Å². The molecule has 0 atom stereocenters. The Labute approximate surface area is 173 Å². The summed E-state index contributed by atoms with van der Waals surface area (Å²) in [7, 11) is 0. The number of nitrogens with one attached hydrogen (secondary N) is 1. The molecule has 1 aromatic rings. The third-order valence-electron chi connectivity index (χ3n) is 5.69. The van der Waals surface area contributed by atoms with Crippen LogP contribution in [0.1, 0.15) is 24.0 Å². The minimum atomic E-state index is 0.832. The molecule has 0 aromatic heterocycles. The normalized spacial score (nSPS) is 23.4. The smallest absolute Gasteiger partial charge is 0.134 e. The van der Waals surface area contributed by atoms with E-state index in [1.165, 1.54) is 11.1 Å². The molecule has 0 spiro atoms. The molecule has 2 fully saturated rings. The Hall–Kier alpha value is -1.80. The summed E-state index contributed by atoms with van der Waals surface area (Å²) >= 11 is 0. The molecule has 2 saturated heterocycles. The molecule has 29 heavy (non-hydrogen) atoms. The van der Waals surface area contributed by atoms with Crippen LogP contribution in [0.2, 0.25) is 0 Å². The van der Waals surface area contributed by atoms with E-state index in [9.17, 15) is 0 Å². The third-order valence-corrected chi connectivity index (χ3v) is 5.69. The lowest BCUT2D eigenvalue weighted by Gasteiger charge is -2.26. The predicted molar refractivity (Wildman–Crippen MR) is 116 cm³/mol. The van der Waals surface area contributed by atoms with Crippen molar-refractivity contribution in [3.8, 4) is 0 Å². The molecule has 7 heteroatoms. The van der Waals surface area contributed by atoms with Crippen molar-refractivity contribution in [3.63, 3.8) is 0 Å². The van der Waals surface area contributed by atoms with Crippen LogP contribution in [0.4, 0.5) is 0 Å². The van der Waals surface area contributed by atoms with Crippen molar-refractivity contribution in [1.29, 1.82) is 0 Å². The number of rotatable bonds is 8. The minimum Gasteiger partial charge on any atom is -0.379 e. The van der Waals surface area contributed by atoms with Gasteiger partial charge in [0.15, 0.2) is 0 Å². The SMILES string of the molecule is c1ccc2c(c1)C(=NCCCN1CCOCC1)NC2=NCCCN1CCOCC1. The molecule has 158 valence electrons. The van der Waals surface area contributed by atoms with Gasteiger partial charge in [-0.1, -0.05) is 24.3 Å². The fraction of sp³-hybridized carbons (Fsp3) is 0.636. The van der Waals surface area contributed by atoms with E-state index in [-0.39, 0.29) is 0 Å². The number of morpholine rings is 2. The van der Waals surface area contributed by atoms with Gasteiger partial charge in [-0.3, -0.25) is 19.8 Å². The van der Waals surface area contributed by atoms with Crippen molar-refractivity contribution >= 4 is 11.7 Å². The second kappa shape index (κ2) is 10.8. The Bertz CT molecular complexity index is 650. The number of fused-ring (bicyclic) bond motifs is 1. The summed E-state index contributed by atoms with van der Waals surface area (Å²) in [5, 5.41) is 3.47. The highest BCUT2D eigenvalue weighted by atomic mass is 16.5. The van der Waals surface area contributed by atoms with Gasteiger partial charge >= 0.3 is 0 Å². The molecule has 1 N–H and O–H groups in total. The first-order valence-electron chi connectivity index (χ1n) is 11.0. The number of amidine groups is 2. The second-order valence-corrected chi connectivity index (χ2v) is 7.75. The lowest BCUT2D eigenvalue weighted by molar-refractivity contribution is 0.0377. The molecule has 3 aliphatic heterocycles. The van der Waals surface area contributed by atoms with Crippen LogP contribution in [0.15, 0.2) is 34.3 Å². The summed E-state index contributed by atoms with van der Waals surface area (Å²) in [6.45, 7) is 11.4. The van der Waals surface area contributed by atoms with Crippen molar-refractivity contribution in [3.05, 3.63) is 35.4 Å². The molecular weight excluding hydrogens is 366 g/mol. The summed E-state index contributed by atoms with van der Waals surface area (Å²) in [5.41, 5.74) is 2.34. The molecule has 0 bridgehead atoms. The zero-order valence-corrected chi connectivity index (χ0v) is 17.3. The van der Waals surface area contributed by atoms with Crippen molar-refractivity contribution in [2.75, 3.05) is 78.8 Å². The predicted octanol–water partition coefficient (Wildman–Crippen LogP) is 1.23. The highest BCUT2D eigenvalue weighted by molar-refractivity contribution is 6.25. The molecule has 3 heterocycles. The second-order valence-electron chi connectivity index (χ2n) is 7.75. The Morgan fingerprint density at radius 1 is 0.724 bits per heavy atom. The van der Waals surface area contributed by atoms with Gasteiger partial charge in [0.2, 0.25) is 0 Å². The van der Waals surface area contributed by atoms with E-state index >= 15 is 0 Å². The maximum absolute atomic E-state index is 5.41. The van der Waals surface area contributed by atoms with Gasteiger partial charge in [0.25, 0.3) is 0 Å². The molecule has 4 rings (SSSR count). The highest BCUT2D eigenvalue weighted by Crippen LogP contribution is 2.16. The molecular formula is C22H33N5O2. The zero-order valence-electron chi connectivity index (χ0n) is 17.3. The van der Waals surface area contributed by atoms with Gasteiger partial charge in [-0.15, -0.1) is 0 Å². The molecule has 0 amide bonds. The molecule has 0 radical (unpaired) electrons. The number of aliphatic imine (C=N–C) groups is 2. The quantitative estimate of drug-likeness (QED) is 0.666. The number of hydrogen-bond acceptors (Lipinski definition) is 6. The van der Waals surface area contributed by atoms with Gasteiger partial charge in [0, 0.05) is 63.5 Å². The first kappa shape index (κ1) is 20.5. The summed E-state index contributed by atoms with van der Waals surface area (Å²) in [6, 6.07) is 8.43. The fourth-order valence-electron chi connectivity index (χ4n) is 4.01. The van der Waals surface area contributed by atoms with Crippen molar-refractivity contribution in [2.45, 2.75) is 12.8 Å². The van der Waals surface area contributed by atoms with Gasteiger partial charge in [0.05, 0.1) is 26.4 Å². The van der Waals surface area contributed by atoms with E-state index < -0.39 is 0 Å². The first-order chi connectivity index (χ1) is 14.4. The van der Waals surface area contributed by atoms with Gasteiger partial charge in [-0.2, -0.15) is 0 Å². The van der Waals surface area contributed by atoms with E-state index in [0.29, 0.717) is 0 Å². The van der Waals surface area contributed by atoms with E-state index in [4.69, 9.17) is 19.5 Å². The van der Waals surface area contributed by atoms with Gasteiger partial charge < -0.3 is 14.8 Å². The molecule has 0 aliphatic carbocycles. The number of benzene rings is 1. The first-order valence-corrected chi connectivity index (χ1v) is 11.0. The van der Waals surface area contributed by atoms with Gasteiger partial charge in [0.1, 0.15) is 11.7 Å².